The normalized spacial score (nSPS) is 24.9. The third-order valence-corrected chi connectivity index (χ3v) is 3.77. The molecular formula is C13H25N. The second-order valence-corrected chi connectivity index (χ2v) is 5.23. The lowest BCUT2D eigenvalue weighted by molar-refractivity contribution is 0.448. The maximum Gasteiger partial charge on any atom is 0.00670 e. The van der Waals surface area contributed by atoms with Gasteiger partial charge in [-0.3, -0.25) is 0 Å². The lowest BCUT2D eigenvalue weighted by Crippen LogP contribution is -2.29. The fourth-order valence-electron chi connectivity index (χ4n) is 2.59. The van der Waals surface area contributed by atoms with Gasteiger partial charge in [0, 0.05) is 6.04 Å². The van der Waals surface area contributed by atoms with E-state index in [-0.39, 0.29) is 0 Å². The maximum atomic E-state index is 3.74. The molecule has 1 nitrogen and oxygen atoms in total. The van der Waals surface area contributed by atoms with Crippen molar-refractivity contribution in [2.75, 3.05) is 6.54 Å². The molecule has 2 aliphatic carbocycles. The summed E-state index contributed by atoms with van der Waals surface area (Å²) in [6, 6.07) is 0.858. The van der Waals surface area contributed by atoms with E-state index in [1.807, 2.05) is 0 Å². The molecule has 0 atom stereocenters. The van der Waals surface area contributed by atoms with E-state index in [9.17, 15) is 0 Å². The van der Waals surface area contributed by atoms with Gasteiger partial charge >= 0.3 is 0 Å². The molecule has 2 rings (SSSR count). The summed E-state index contributed by atoms with van der Waals surface area (Å²) in [6.07, 6.45) is 14.7. The van der Waals surface area contributed by atoms with Gasteiger partial charge in [-0.25, -0.2) is 0 Å². The highest BCUT2D eigenvalue weighted by atomic mass is 14.9. The molecule has 0 bridgehead atoms. The monoisotopic (exact) mass is 195 g/mol. The molecule has 0 spiro atoms. The molecule has 1 N–H and O–H groups in total. The van der Waals surface area contributed by atoms with Gasteiger partial charge in [-0.1, -0.05) is 38.5 Å². The van der Waals surface area contributed by atoms with E-state index in [1.54, 1.807) is 0 Å². The van der Waals surface area contributed by atoms with Gasteiger partial charge in [0.25, 0.3) is 0 Å². The van der Waals surface area contributed by atoms with E-state index >= 15 is 0 Å². The molecule has 2 saturated carbocycles. The van der Waals surface area contributed by atoms with Crippen LogP contribution < -0.4 is 5.32 Å². The minimum Gasteiger partial charge on any atom is -0.314 e. The third-order valence-electron chi connectivity index (χ3n) is 3.77. The van der Waals surface area contributed by atoms with Crippen LogP contribution >= 0.6 is 0 Å². The van der Waals surface area contributed by atoms with Gasteiger partial charge < -0.3 is 5.32 Å². The van der Waals surface area contributed by atoms with E-state index in [4.69, 9.17) is 0 Å². The zero-order valence-electron chi connectivity index (χ0n) is 9.43. The van der Waals surface area contributed by atoms with Crippen LogP contribution in [0.4, 0.5) is 0 Å². The van der Waals surface area contributed by atoms with E-state index in [0.717, 1.165) is 12.0 Å². The fraction of sp³-hybridized carbons (Fsp3) is 1.00. The first kappa shape index (κ1) is 10.5. The first-order valence-electron chi connectivity index (χ1n) is 6.68. The summed E-state index contributed by atoms with van der Waals surface area (Å²) in [5, 5.41) is 3.74. The summed E-state index contributed by atoms with van der Waals surface area (Å²) in [5.74, 6) is 1.12. The summed E-state index contributed by atoms with van der Waals surface area (Å²) in [5.41, 5.74) is 0. The average molecular weight is 195 g/mol. The molecule has 2 fully saturated rings. The third kappa shape index (κ3) is 4.00. The molecule has 14 heavy (non-hydrogen) atoms. The van der Waals surface area contributed by atoms with Crippen molar-refractivity contribution in [3.8, 4) is 0 Å². The highest BCUT2D eigenvalue weighted by molar-refractivity contribution is 4.74. The van der Waals surface area contributed by atoms with Gasteiger partial charge in [-0.05, 0) is 38.1 Å². The van der Waals surface area contributed by atoms with Crippen molar-refractivity contribution in [2.24, 2.45) is 5.92 Å². The minimum absolute atomic E-state index is 0.858. The molecule has 82 valence electrons. The molecule has 0 aromatic rings. The Labute approximate surface area is 88.7 Å². The van der Waals surface area contributed by atoms with Crippen molar-refractivity contribution in [1.29, 1.82) is 0 Å². The second-order valence-electron chi connectivity index (χ2n) is 5.23. The Balaban J connectivity index is 1.49. The molecule has 1 heteroatoms. The van der Waals surface area contributed by atoms with Gasteiger partial charge in [0.15, 0.2) is 0 Å². The van der Waals surface area contributed by atoms with Crippen LogP contribution in [-0.4, -0.2) is 12.6 Å². The van der Waals surface area contributed by atoms with E-state index in [1.165, 1.54) is 70.8 Å². The predicted molar refractivity (Wildman–Crippen MR) is 61.5 cm³/mol. The van der Waals surface area contributed by atoms with Gasteiger partial charge in [-0.15, -0.1) is 0 Å². The van der Waals surface area contributed by atoms with E-state index in [2.05, 4.69) is 5.32 Å². The Morgan fingerprint density at radius 2 is 1.57 bits per heavy atom. The van der Waals surface area contributed by atoms with E-state index in [0.29, 0.717) is 0 Å². The van der Waals surface area contributed by atoms with Crippen molar-refractivity contribution in [1.82, 2.24) is 5.32 Å². The highest BCUT2D eigenvalue weighted by Crippen LogP contribution is 2.33. The molecule has 0 radical (unpaired) electrons. The van der Waals surface area contributed by atoms with E-state index < -0.39 is 0 Å². The molecule has 0 heterocycles. The molecule has 0 aromatic heterocycles. The van der Waals surface area contributed by atoms with Gasteiger partial charge in [0.05, 0.1) is 0 Å². The second kappa shape index (κ2) is 5.75. The average Bonchev–Trinajstić information content (AvgIpc) is 3.01. The maximum absolute atomic E-state index is 3.74. The summed E-state index contributed by atoms with van der Waals surface area (Å²) < 4.78 is 0. The SMILES string of the molecule is C1CCCC(NCCCC2CC2)CC1. The van der Waals surface area contributed by atoms with Crippen LogP contribution in [0, 0.1) is 5.92 Å². The minimum atomic E-state index is 0.858. The van der Waals surface area contributed by atoms with Gasteiger partial charge in [-0.2, -0.15) is 0 Å². The quantitative estimate of drug-likeness (QED) is 0.523. The van der Waals surface area contributed by atoms with Crippen LogP contribution in [0.15, 0.2) is 0 Å². The lowest BCUT2D eigenvalue weighted by atomic mass is 10.1. The summed E-state index contributed by atoms with van der Waals surface area (Å²) in [4.78, 5) is 0. The van der Waals surface area contributed by atoms with Crippen molar-refractivity contribution in [3.05, 3.63) is 0 Å². The standard InChI is InChI=1S/C13H25N/c1-2-4-8-13(7-3-1)14-11-5-6-12-9-10-12/h12-14H,1-11H2. The zero-order valence-corrected chi connectivity index (χ0v) is 9.43. The van der Waals surface area contributed by atoms with Gasteiger partial charge in [0.2, 0.25) is 0 Å². The summed E-state index contributed by atoms with van der Waals surface area (Å²) >= 11 is 0. The van der Waals surface area contributed by atoms with Crippen LogP contribution in [0.3, 0.4) is 0 Å². The molecule has 2 aliphatic rings. The number of hydrogen-bond donors (Lipinski definition) is 1. The highest BCUT2D eigenvalue weighted by Gasteiger charge is 2.20. The van der Waals surface area contributed by atoms with Crippen LogP contribution in [-0.2, 0) is 0 Å². The Kier molecular flexibility index (Phi) is 4.30. The van der Waals surface area contributed by atoms with Crippen molar-refractivity contribution in [3.63, 3.8) is 0 Å². The molecule has 0 unspecified atom stereocenters. The number of rotatable bonds is 5. The summed E-state index contributed by atoms with van der Waals surface area (Å²) in [6.45, 7) is 1.28. The number of hydrogen-bond acceptors (Lipinski definition) is 1. The first-order valence-corrected chi connectivity index (χ1v) is 6.68. The fourth-order valence-corrected chi connectivity index (χ4v) is 2.59. The Bertz CT molecular complexity index is 143. The van der Waals surface area contributed by atoms with Crippen molar-refractivity contribution >= 4 is 0 Å². The Morgan fingerprint density at radius 3 is 2.21 bits per heavy atom. The van der Waals surface area contributed by atoms with Crippen LogP contribution in [0.25, 0.3) is 0 Å². The van der Waals surface area contributed by atoms with Crippen LogP contribution in [0.1, 0.15) is 64.2 Å². The van der Waals surface area contributed by atoms with Gasteiger partial charge in [0.1, 0.15) is 0 Å². The Morgan fingerprint density at radius 1 is 0.857 bits per heavy atom. The molecule has 0 saturated heterocycles. The van der Waals surface area contributed by atoms with Crippen LogP contribution in [0.5, 0.6) is 0 Å². The van der Waals surface area contributed by atoms with Crippen molar-refractivity contribution in [2.45, 2.75) is 70.3 Å². The number of nitrogens with one attached hydrogen (secondary N) is 1. The molecule has 0 amide bonds. The Hall–Kier alpha value is -0.0400. The predicted octanol–water partition coefficient (Wildman–Crippen LogP) is 3.49. The van der Waals surface area contributed by atoms with Crippen molar-refractivity contribution < 1.29 is 0 Å². The molecule has 0 aromatic carbocycles. The van der Waals surface area contributed by atoms with Crippen LogP contribution in [0.2, 0.25) is 0 Å². The molecule has 0 aliphatic heterocycles. The zero-order chi connectivity index (χ0) is 9.64. The topological polar surface area (TPSA) is 12.0 Å². The molecular weight excluding hydrogens is 170 g/mol. The summed E-state index contributed by atoms with van der Waals surface area (Å²) in [7, 11) is 0. The largest absolute Gasteiger partial charge is 0.314 e. The first-order chi connectivity index (χ1) is 6.95. The lowest BCUT2D eigenvalue weighted by Gasteiger charge is -2.15. The smallest absolute Gasteiger partial charge is 0.00670 e.